The standard InChI is InChI=1S/C23H22F2N2O3S/c1-16(27(31(2,29)30)19-13-14-20(24)21(25)15-19)23(28)26-22(17-9-5-3-6-10-17)18-11-7-4-8-12-18/h3-16,22H,1-2H3,(H,26,28). The number of halogens is 2. The molecule has 0 saturated carbocycles. The normalized spacial score (nSPS) is 12.4. The van der Waals surface area contributed by atoms with Gasteiger partial charge in [0.05, 0.1) is 18.0 Å². The Morgan fingerprint density at radius 1 is 0.871 bits per heavy atom. The first-order chi connectivity index (χ1) is 14.7. The Kier molecular flexibility index (Phi) is 6.70. The van der Waals surface area contributed by atoms with E-state index in [0.717, 1.165) is 39.9 Å². The van der Waals surface area contributed by atoms with Crippen LogP contribution in [0.2, 0.25) is 0 Å². The molecule has 1 atom stereocenters. The summed E-state index contributed by atoms with van der Waals surface area (Å²) in [5.41, 5.74) is 1.49. The molecule has 1 N–H and O–H groups in total. The SMILES string of the molecule is CC(C(=O)NC(c1ccccc1)c1ccccc1)N(c1ccc(F)c(F)c1)S(C)(=O)=O. The topological polar surface area (TPSA) is 66.5 Å². The molecule has 0 spiro atoms. The fraction of sp³-hybridized carbons (Fsp3) is 0.174. The van der Waals surface area contributed by atoms with Crippen molar-refractivity contribution in [3.05, 3.63) is 102 Å². The van der Waals surface area contributed by atoms with Gasteiger partial charge in [-0.3, -0.25) is 9.10 Å². The van der Waals surface area contributed by atoms with Gasteiger partial charge in [-0.25, -0.2) is 17.2 Å². The molecule has 162 valence electrons. The third-order valence-corrected chi connectivity index (χ3v) is 6.04. The monoisotopic (exact) mass is 444 g/mol. The van der Waals surface area contributed by atoms with Crippen molar-refractivity contribution < 1.29 is 22.0 Å². The number of carbonyl (C=O) groups excluding carboxylic acids is 1. The van der Waals surface area contributed by atoms with Gasteiger partial charge < -0.3 is 5.32 Å². The number of hydrogen-bond acceptors (Lipinski definition) is 3. The van der Waals surface area contributed by atoms with Gasteiger partial charge in [0.2, 0.25) is 15.9 Å². The summed E-state index contributed by atoms with van der Waals surface area (Å²) >= 11 is 0. The summed E-state index contributed by atoms with van der Waals surface area (Å²) in [6.45, 7) is 1.39. The van der Waals surface area contributed by atoms with E-state index >= 15 is 0 Å². The molecule has 31 heavy (non-hydrogen) atoms. The Morgan fingerprint density at radius 2 is 1.39 bits per heavy atom. The molecule has 0 aliphatic rings. The van der Waals surface area contributed by atoms with Crippen molar-refractivity contribution in [3.8, 4) is 0 Å². The van der Waals surface area contributed by atoms with Crippen LogP contribution in [0, 0.1) is 11.6 Å². The fourth-order valence-corrected chi connectivity index (χ4v) is 4.51. The Hall–Kier alpha value is -3.26. The molecule has 0 aromatic heterocycles. The zero-order valence-corrected chi connectivity index (χ0v) is 17.8. The van der Waals surface area contributed by atoms with E-state index in [1.165, 1.54) is 6.92 Å². The van der Waals surface area contributed by atoms with Crippen LogP contribution in [0.3, 0.4) is 0 Å². The highest BCUT2D eigenvalue weighted by atomic mass is 32.2. The van der Waals surface area contributed by atoms with Crippen molar-refractivity contribution in [2.45, 2.75) is 19.0 Å². The van der Waals surface area contributed by atoms with Gasteiger partial charge in [-0.05, 0) is 30.2 Å². The van der Waals surface area contributed by atoms with Gasteiger partial charge in [0.15, 0.2) is 11.6 Å². The zero-order chi connectivity index (χ0) is 22.6. The zero-order valence-electron chi connectivity index (χ0n) is 17.0. The summed E-state index contributed by atoms with van der Waals surface area (Å²) in [6, 6.07) is 19.4. The first-order valence-electron chi connectivity index (χ1n) is 9.53. The molecule has 5 nitrogen and oxygen atoms in total. The van der Waals surface area contributed by atoms with Gasteiger partial charge in [0.1, 0.15) is 6.04 Å². The lowest BCUT2D eigenvalue weighted by Crippen LogP contribution is -2.48. The number of nitrogens with zero attached hydrogens (tertiary/aromatic N) is 1. The molecule has 3 aromatic rings. The molecule has 0 heterocycles. The molecule has 3 aromatic carbocycles. The summed E-state index contributed by atoms with van der Waals surface area (Å²) in [7, 11) is -3.97. The number of sulfonamides is 1. The minimum Gasteiger partial charge on any atom is -0.343 e. The van der Waals surface area contributed by atoms with Crippen LogP contribution in [0.25, 0.3) is 0 Å². The Morgan fingerprint density at radius 3 is 1.84 bits per heavy atom. The highest BCUT2D eigenvalue weighted by molar-refractivity contribution is 7.92. The molecular formula is C23H22F2N2O3S. The van der Waals surface area contributed by atoms with Crippen LogP contribution < -0.4 is 9.62 Å². The number of rotatable bonds is 7. The second-order valence-corrected chi connectivity index (χ2v) is 8.96. The maximum atomic E-state index is 13.7. The molecule has 0 saturated heterocycles. The van der Waals surface area contributed by atoms with Crippen molar-refractivity contribution in [3.63, 3.8) is 0 Å². The quantitative estimate of drug-likeness (QED) is 0.599. The van der Waals surface area contributed by atoms with Crippen LogP contribution >= 0.6 is 0 Å². The molecule has 0 fully saturated rings. The average molecular weight is 445 g/mol. The van der Waals surface area contributed by atoms with Crippen LogP contribution in [0.5, 0.6) is 0 Å². The minimum atomic E-state index is -3.97. The highest BCUT2D eigenvalue weighted by Gasteiger charge is 2.31. The summed E-state index contributed by atoms with van der Waals surface area (Å²) < 4.78 is 52.7. The molecule has 8 heteroatoms. The first-order valence-corrected chi connectivity index (χ1v) is 11.4. The lowest BCUT2D eigenvalue weighted by Gasteiger charge is -2.30. The average Bonchev–Trinajstić information content (AvgIpc) is 2.74. The Labute approximate surface area is 180 Å². The second-order valence-electron chi connectivity index (χ2n) is 7.10. The minimum absolute atomic E-state index is 0.139. The van der Waals surface area contributed by atoms with Gasteiger partial charge in [-0.15, -0.1) is 0 Å². The van der Waals surface area contributed by atoms with E-state index in [2.05, 4.69) is 5.32 Å². The van der Waals surface area contributed by atoms with E-state index in [1.807, 2.05) is 60.7 Å². The fourth-order valence-electron chi connectivity index (χ4n) is 3.34. The highest BCUT2D eigenvalue weighted by Crippen LogP contribution is 2.25. The second kappa shape index (κ2) is 9.26. The van der Waals surface area contributed by atoms with Crippen LogP contribution in [0.4, 0.5) is 14.5 Å². The summed E-state index contributed by atoms with van der Waals surface area (Å²) in [6.07, 6.45) is 0.907. The lowest BCUT2D eigenvalue weighted by molar-refractivity contribution is -0.122. The van der Waals surface area contributed by atoms with Crippen LogP contribution in [0.1, 0.15) is 24.1 Å². The van der Waals surface area contributed by atoms with Crippen LogP contribution in [-0.2, 0) is 14.8 Å². The number of hydrogen-bond donors (Lipinski definition) is 1. The molecule has 1 amide bonds. The number of carbonyl (C=O) groups is 1. The van der Waals surface area contributed by atoms with Crippen LogP contribution in [-0.4, -0.2) is 26.6 Å². The van der Waals surface area contributed by atoms with Crippen LogP contribution in [0.15, 0.2) is 78.9 Å². The molecule has 0 aliphatic heterocycles. The third-order valence-electron chi connectivity index (χ3n) is 4.80. The number of anilines is 1. The number of benzene rings is 3. The van der Waals surface area contributed by atoms with Crippen molar-refractivity contribution in [1.29, 1.82) is 0 Å². The predicted octanol–water partition coefficient (Wildman–Crippen LogP) is 4.03. The van der Waals surface area contributed by atoms with Crippen molar-refractivity contribution >= 4 is 21.6 Å². The van der Waals surface area contributed by atoms with E-state index < -0.39 is 39.6 Å². The number of amides is 1. The Bertz CT molecular complexity index is 1120. The van der Waals surface area contributed by atoms with Gasteiger partial charge in [0.25, 0.3) is 0 Å². The summed E-state index contributed by atoms with van der Waals surface area (Å²) in [4.78, 5) is 13.1. The Balaban J connectivity index is 1.95. The molecule has 0 radical (unpaired) electrons. The largest absolute Gasteiger partial charge is 0.343 e. The maximum Gasteiger partial charge on any atom is 0.244 e. The summed E-state index contributed by atoms with van der Waals surface area (Å²) in [5, 5.41) is 2.88. The summed E-state index contributed by atoms with van der Waals surface area (Å²) in [5.74, 6) is -2.90. The van der Waals surface area contributed by atoms with E-state index in [0.29, 0.717) is 0 Å². The van der Waals surface area contributed by atoms with Crippen molar-refractivity contribution in [1.82, 2.24) is 5.32 Å². The maximum absolute atomic E-state index is 13.7. The van der Waals surface area contributed by atoms with E-state index in [9.17, 15) is 22.0 Å². The predicted molar refractivity (Wildman–Crippen MR) is 116 cm³/mol. The van der Waals surface area contributed by atoms with E-state index in [1.54, 1.807) is 0 Å². The van der Waals surface area contributed by atoms with Gasteiger partial charge in [-0.1, -0.05) is 60.7 Å². The van der Waals surface area contributed by atoms with Gasteiger partial charge >= 0.3 is 0 Å². The first kappa shape index (κ1) is 22.4. The van der Waals surface area contributed by atoms with Gasteiger partial charge in [-0.2, -0.15) is 0 Å². The van der Waals surface area contributed by atoms with E-state index in [4.69, 9.17) is 0 Å². The smallest absolute Gasteiger partial charge is 0.244 e. The molecule has 1 unspecified atom stereocenters. The van der Waals surface area contributed by atoms with Crippen molar-refractivity contribution in [2.75, 3.05) is 10.6 Å². The van der Waals surface area contributed by atoms with E-state index in [-0.39, 0.29) is 5.69 Å². The third kappa shape index (κ3) is 5.27. The molecule has 0 bridgehead atoms. The molecule has 3 rings (SSSR count). The van der Waals surface area contributed by atoms with Gasteiger partial charge in [0, 0.05) is 6.07 Å². The van der Waals surface area contributed by atoms with Crippen molar-refractivity contribution in [2.24, 2.45) is 0 Å². The number of nitrogens with one attached hydrogen (secondary N) is 1. The molecule has 0 aliphatic carbocycles. The molecular weight excluding hydrogens is 422 g/mol. The lowest BCUT2D eigenvalue weighted by atomic mass is 9.98.